The van der Waals surface area contributed by atoms with Crippen LogP contribution >= 0.6 is 11.8 Å². The van der Waals surface area contributed by atoms with Crippen molar-refractivity contribution >= 4 is 17.7 Å². The molecule has 0 unspecified atom stereocenters. The summed E-state index contributed by atoms with van der Waals surface area (Å²) in [5.41, 5.74) is 2.56. The summed E-state index contributed by atoms with van der Waals surface area (Å²) in [6.07, 6.45) is 1.76. The van der Waals surface area contributed by atoms with E-state index in [0.717, 1.165) is 22.7 Å². The molecule has 146 valence electrons. The molecule has 28 heavy (non-hydrogen) atoms. The number of carbonyl (C=O) groups excluding carboxylic acids is 1. The summed E-state index contributed by atoms with van der Waals surface area (Å²) in [5, 5.41) is 3.53. The summed E-state index contributed by atoms with van der Waals surface area (Å²) in [4.78, 5) is 16.5. The van der Waals surface area contributed by atoms with Gasteiger partial charge in [-0.05, 0) is 62.4 Å². The fraction of sp³-hybridized carbons (Fsp3) is 0.238. The minimum Gasteiger partial charge on any atom is -0.497 e. The van der Waals surface area contributed by atoms with E-state index in [1.807, 2.05) is 42.7 Å². The van der Waals surface area contributed by atoms with E-state index in [4.69, 9.17) is 4.74 Å². The first-order valence-corrected chi connectivity index (χ1v) is 9.86. The summed E-state index contributed by atoms with van der Waals surface area (Å²) >= 11 is 1.34. The van der Waals surface area contributed by atoms with Crippen LogP contribution in [0.25, 0.3) is 16.9 Å². The maximum Gasteiger partial charge on any atom is 0.230 e. The first-order valence-electron chi connectivity index (χ1n) is 8.88. The zero-order chi connectivity index (χ0) is 20.1. The molecule has 3 rings (SSSR count). The Labute approximate surface area is 167 Å². The van der Waals surface area contributed by atoms with Crippen LogP contribution in [-0.4, -0.2) is 34.4 Å². The van der Waals surface area contributed by atoms with Gasteiger partial charge in [0.2, 0.25) is 5.91 Å². The molecule has 1 aromatic heterocycles. The number of nitrogens with one attached hydrogen (secondary N) is 1. The van der Waals surface area contributed by atoms with Crippen molar-refractivity contribution in [1.82, 2.24) is 14.9 Å². The normalized spacial score (nSPS) is 10.9. The maximum atomic E-state index is 13.4. The number of carbonyl (C=O) groups is 1. The first kappa shape index (κ1) is 19.9. The lowest BCUT2D eigenvalue weighted by Crippen LogP contribution is -2.31. The summed E-state index contributed by atoms with van der Waals surface area (Å²) in [6.45, 7) is 3.84. The summed E-state index contributed by atoms with van der Waals surface area (Å²) in [5.74, 6) is 0.648. The van der Waals surface area contributed by atoms with Gasteiger partial charge in [-0.3, -0.25) is 9.36 Å². The molecule has 0 atom stereocenters. The standard InChI is InChI=1S/C21H22FN3O2S/c1-14(2)24-20(26)13-28-21-23-12-19(15-4-10-18(27-3)11-5-15)25(21)17-8-6-16(22)7-9-17/h4-12,14H,13H2,1-3H3,(H,24,26). The number of benzene rings is 2. The molecule has 5 nitrogen and oxygen atoms in total. The Balaban J connectivity index is 1.96. The summed E-state index contributed by atoms with van der Waals surface area (Å²) < 4.78 is 20.6. The number of aromatic nitrogens is 2. The third-order valence-electron chi connectivity index (χ3n) is 3.98. The number of halogens is 1. The van der Waals surface area contributed by atoms with Crippen LogP contribution in [0.1, 0.15) is 13.8 Å². The van der Waals surface area contributed by atoms with Gasteiger partial charge in [-0.1, -0.05) is 11.8 Å². The van der Waals surface area contributed by atoms with E-state index >= 15 is 0 Å². The van der Waals surface area contributed by atoms with E-state index in [-0.39, 0.29) is 23.5 Å². The van der Waals surface area contributed by atoms with Gasteiger partial charge in [0.25, 0.3) is 0 Å². The number of amides is 1. The molecule has 1 heterocycles. The van der Waals surface area contributed by atoms with Gasteiger partial charge in [0, 0.05) is 17.3 Å². The molecule has 0 saturated heterocycles. The average Bonchev–Trinajstić information content (AvgIpc) is 3.10. The molecule has 0 fully saturated rings. The van der Waals surface area contributed by atoms with Crippen LogP contribution in [0.4, 0.5) is 4.39 Å². The lowest BCUT2D eigenvalue weighted by Gasteiger charge is -2.13. The molecular weight excluding hydrogens is 377 g/mol. The van der Waals surface area contributed by atoms with Gasteiger partial charge in [0.1, 0.15) is 11.6 Å². The predicted octanol–water partition coefficient (Wildman–Crippen LogP) is 4.30. The highest BCUT2D eigenvalue weighted by Gasteiger charge is 2.16. The molecule has 3 aromatic rings. The van der Waals surface area contributed by atoms with Gasteiger partial charge >= 0.3 is 0 Å². The molecule has 0 spiro atoms. The van der Waals surface area contributed by atoms with E-state index < -0.39 is 0 Å². The maximum absolute atomic E-state index is 13.4. The predicted molar refractivity (Wildman–Crippen MR) is 110 cm³/mol. The Morgan fingerprint density at radius 3 is 2.46 bits per heavy atom. The SMILES string of the molecule is COc1ccc(-c2cnc(SCC(=O)NC(C)C)n2-c2ccc(F)cc2)cc1. The molecule has 0 aliphatic carbocycles. The van der Waals surface area contributed by atoms with E-state index in [1.54, 1.807) is 25.4 Å². The van der Waals surface area contributed by atoms with Crippen LogP contribution in [0.5, 0.6) is 5.75 Å². The van der Waals surface area contributed by atoms with Crippen molar-refractivity contribution < 1.29 is 13.9 Å². The highest BCUT2D eigenvalue weighted by molar-refractivity contribution is 7.99. The van der Waals surface area contributed by atoms with Gasteiger partial charge in [0.15, 0.2) is 5.16 Å². The van der Waals surface area contributed by atoms with Crippen molar-refractivity contribution in [2.24, 2.45) is 0 Å². The monoisotopic (exact) mass is 399 g/mol. The number of imidazole rings is 1. The van der Waals surface area contributed by atoms with E-state index in [1.165, 1.54) is 23.9 Å². The topological polar surface area (TPSA) is 56.1 Å². The Hall–Kier alpha value is -2.80. The summed E-state index contributed by atoms with van der Waals surface area (Å²) in [6, 6.07) is 13.9. The van der Waals surface area contributed by atoms with Gasteiger partial charge in [-0.15, -0.1) is 0 Å². The van der Waals surface area contributed by atoms with Gasteiger partial charge in [-0.2, -0.15) is 0 Å². The van der Waals surface area contributed by atoms with Crippen molar-refractivity contribution in [3.63, 3.8) is 0 Å². The number of methoxy groups -OCH3 is 1. The number of ether oxygens (including phenoxy) is 1. The highest BCUT2D eigenvalue weighted by atomic mass is 32.2. The molecule has 0 bridgehead atoms. The fourth-order valence-electron chi connectivity index (χ4n) is 2.74. The van der Waals surface area contributed by atoms with Crippen LogP contribution in [0.15, 0.2) is 59.9 Å². The van der Waals surface area contributed by atoms with Crippen LogP contribution in [0, 0.1) is 5.82 Å². The number of rotatable bonds is 7. The molecule has 1 amide bonds. The molecule has 0 radical (unpaired) electrons. The zero-order valence-electron chi connectivity index (χ0n) is 16.0. The summed E-state index contributed by atoms with van der Waals surface area (Å²) in [7, 11) is 1.62. The molecule has 0 saturated carbocycles. The second-order valence-electron chi connectivity index (χ2n) is 6.48. The molecular formula is C21H22FN3O2S. The Kier molecular flexibility index (Phi) is 6.36. The lowest BCUT2D eigenvalue weighted by atomic mass is 10.1. The van der Waals surface area contributed by atoms with Crippen LogP contribution < -0.4 is 10.1 Å². The Morgan fingerprint density at radius 1 is 1.18 bits per heavy atom. The smallest absolute Gasteiger partial charge is 0.230 e. The van der Waals surface area contributed by atoms with Gasteiger partial charge in [-0.25, -0.2) is 9.37 Å². The van der Waals surface area contributed by atoms with Crippen molar-refractivity contribution in [3.8, 4) is 22.7 Å². The third kappa shape index (κ3) is 4.72. The minimum absolute atomic E-state index is 0.0559. The number of thioether (sulfide) groups is 1. The van der Waals surface area contributed by atoms with Crippen LogP contribution in [0.3, 0.4) is 0 Å². The van der Waals surface area contributed by atoms with Crippen LogP contribution in [0.2, 0.25) is 0 Å². The third-order valence-corrected chi connectivity index (χ3v) is 4.93. The lowest BCUT2D eigenvalue weighted by molar-refractivity contribution is -0.119. The first-order chi connectivity index (χ1) is 13.5. The fourth-order valence-corrected chi connectivity index (χ4v) is 3.54. The van der Waals surface area contributed by atoms with Crippen molar-refractivity contribution in [3.05, 3.63) is 60.5 Å². The highest BCUT2D eigenvalue weighted by Crippen LogP contribution is 2.30. The number of hydrogen-bond acceptors (Lipinski definition) is 4. The van der Waals surface area contributed by atoms with E-state index in [2.05, 4.69) is 10.3 Å². The Morgan fingerprint density at radius 2 is 1.86 bits per heavy atom. The van der Waals surface area contributed by atoms with Crippen molar-refractivity contribution in [1.29, 1.82) is 0 Å². The zero-order valence-corrected chi connectivity index (χ0v) is 16.8. The quantitative estimate of drug-likeness (QED) is 0.602. The molecule has 7 heteroatoms. The minimum atomic E-state index is -0.305. The van der Waals surface area contributed by atoms with E-state index in [0.29, 0.717) is 5.16 Å². The largest absolute Gasteiger partial charge is 0.497 e. The van der Waals surface area contributed by atoms with E-state index in [9.17, 15) is 9.18 Å². The second kappa shape index (κ2) is 8.93. The van der Waals surface area contributed by atoms with Crippen molar-refractivity contribution in [2.45, 2.75) is 25.0 Å². The van der Waals surface area contributed by atoms with Gasteiger partial charge in [0.05, 0.1) is 24.8 Å². The molecule has 0 aliphatic heterocycles. The second-order valence-corrected chi connectivity index (χ2v) is 7.42. The average molecular weight is 399 g/mol. The Bertz CT molecular complexity index is 937. The van der Waals surface area contributed by atoms with Crippen molar-refractivity contribution in [2.75, 3.05) is 12.9 Å². The number of hydrogen-bond donors (Lipinski definition) is 1. The molecule has 2 aromatic carbocycles. The molecule has 0 aliphatic rings. The molecule has 1 N–H and O–H groups in total. The van der Waals surface area contributed by atoms with Gasteiger partial charge < -0.3 is 10.1 Å². The number of nitrogens with zero attached hydrogens (tertiary/aromatic N) is 2. The van der Waals surface area contributed by atoms with Crippen LogP contribution in [-0.2, 0) is 4.79 Å².